The summed E-state index contributed by atoms with van der Waals surface area (Å²) >= 11 is 0. The third-order valence-electron chi connectivity index (χ3n) is 5.19. The Kier molecular flexibility index (Phi) is 6.51. The van der Waals surface area contributed by atoms with Gasteiger partial charge in [0.15, 0.2) is 5.69 Å². The van der Waals surface area contributed by atoms with Crippen molar-refractivity contribution in [2.45, 2.75) is 45.8 Å². The number of nitrogens with zero attached hydrogens (tertiary/aromatic N) is 4. The summed E-state index contributed by atoms with van der Waals surface area (Å²) in [6, 6.07) is 7.20. The average molecular weight is 423 g/mol. The molecular formula is C22H25N5O4. The van der Waals surface area contributed by atoms with Gasteiger partial charge in [-0.15, -0.1) is 10.2 Å². The molecule has 0 bridgehead atoms. The van der Waals surface area contributed by atoms with Crippen molar-refractivity contribution in [2.24, 2.45) is 0 Å². The molecule has 1 aliphatic heterocycles. The van der Waals surface area contributed by atoms with Crippen LogP contribution >= 0.6 is 0 Å². The van der Waals surface area contributed by atoms with Crippen molar-refractivity contribution in [3.63, 3.8) is 0 Å². The molecule has 4 rings (SSSR count). The van der Waals surface area contributed by atoms with E-state index in [9.17, 15) is 4.79 Å². The van der Waals surface area contributed by atoms with Crippen LogP contribution in [0.2, 0.25) is 0 Å². The molecule has 1 saturated heterocycles. The molecule has 31 heavy (non-hydrogen) atoms. The zero-order chi connectivity index (χ0) is 21.6. The molecule has 3 aromatic rings. The standard InChI is InChI=1S/C22H25N5O4/c1-14-5-6-16(12-23-14)21-18(15(2)31-27-21)13-30-20-8-7-19(25-26-20)22(28)24-17-4-3-10-29-11-9-17/h5-8,12,17H,3-4,9-11,13H2,1-2H3,(H,24,28)/t17-/m1/s1. The smallest absolute Gasteiger partial charge is 0.272 e. The van der Waals surface area contributed by atoms with Gasteiger partial charge in [0.05, 0.1) is 5.56 Å². The minimum absolute atomic E-state index is 0.0963. The SMILES string of the molecule is Cc1ccc(-c2noc(C)c2COc2ccc(C(=O)N[C@@H]3CCCOCC3)nn2)cn1. The zero-order valence-electron chi connectivity index (χ0n) is 17.6. The quantitative estimate of drug-likeness (QED) is 0.644. The molecule has 0 saturated carbocycles. The van der Waals surface area contributed by atoms with Crippen LogP contribution in [-0.2, 0) is 11.3 Å². The first-order chi connectivity index (χ1) is 15.1. The van der Waals surface area contributed by atoms with E-state index in [1.165, 1.54) is 0 Å². The van der Waals surface area contributed by atoms with Gasteiger partial charge in [0.2, 0.25) is 5.88 Å². The fourth-order valence-electron chi connectivity index (χ4n) is 3.37. The van der Waals surface area contributed by atoms with Crippen LogP contribution in [0, 0.1) is 13.8 Å². The lowest BCUT2D eigenvalue weighted by molar-refractivity contribution is 0.0923. The van der Waals surface area contributed by atoms with Gasteiger partial charge in [0, 0.05) is 42.8 Å². The second kappa shape index (κ2) is 9.65. The number of carbonyl (C=O) groups excluding carboxylic acids is 1. The van der Waals surface area contributed by atoms with Crippen LogP contribution in [0.25, 0.3) is 11.3 Å². The molecule has 0 aromatic carbocycles. The summed E-state index contributed by atoms with van der Waals surface area (Å²) in [5, 5.41) is 15.2. The lowest BCUT2D eigenvalue weighted by atomic mass is 10.1. The van der Waals surface area contributed by atoms with Gasteiger partial charge in [-0.3, -0.25) is 9.78 Å². The van der Waals surface area contributed by atoms with Crippen molar-refractivity contribution in [2.75, 3.05) is 13.2 Å². The predicted octanol–water partition coefficient (Wildman–Crippen LogP) is 3.02. The van der Waals surface area contributed by atoms with Crippen LogP contribution in [0.1, 0.15) is 46.8 Å². The molecule has 0 spiro atoms. The molecule has 1 aliphatic rings. The maximum Gasteiger partial charge on any atom is 0.272 e. The number of aromatic nitrogens is 4. The molecule has 4 heterocycles. The Morgan fingerprint density at radius 1 is 1.16 bits per heavy atom. The summed E-state index contributed by atoms with van der Waals surface area (Å²) in [6.07, 6.45) is 4.39. The molecule has 1 fully saturated rings. The Morgan fingerprint density at radius 2 is 2.06 bits per heavy atom. The Bertz CT molecular complexity index is 1010. The van der Waals surface area contributed by atoms with Gasteiger partial charge < -0.3 is 19.3 Å². The lowest BCUT2D eigenvalue weighted by Crippen LogP contribution is -2.35. The summed E-state index contributed by atoms with van der Waals surface area (Å²) in [5.74, 6) is 0.731. The number of aryl methyl sites for hydroxylation is 2. The monoisotopic (exact) mass is 423 g/mol. The molecule has 3 aromatic heterocycles. The van der Waals surface area contributed by atoms with E-state index < -0.39 is 0 Å². The molecule has 9 nitrogen and oxygen atoms in total. The summed E-state index contributed by atoms with van der Waals surface area (Å²) in [6.45, 7) is 5.36. The van der Waals surface area contributed by atoms with Crippen LogP contribution in [0.15, 0.2) is 35.0 Å². The van der Waals surface area contributed by atoms with E-state index in [1.54, 1.807) is 18.3 Å². The minimum atomic E-state index is -0.241. The van der Waals surface area contributed by atoms with Gasteiger partial charge in [-0.05, 0) is 51.3 Å². The Morgan fingerprint density at radius 3 is 2.84 bits per heavy atom. The fraction of sp³-hybridized carbons (Fsp3) is 0.409. The van der Waals surface area contributed by atoms with Crippen LogP contribution in [-0.4, -0.2) is 45.5 Å². The van der Waals surface area contributed by atoms with Crippen LogP contribution in [0.3, 0.4) is 0 Å². The number of nitrogens with one attached hydrogen (secondary N) is 1. The molecule has 0 radical (unpaired) electrons. The first-order valence-electron chi connectivity index (χ1n) is 10.3. The third kappa shape index (κ3) is 5.24. The van der Waals surface area contributed by atoms with Gasteiger partial charge in [-0.25, -0.2) is 0 Å². The van der Waals surface area contributed by atoms with E-state index in [0.717, 1.165) is 42.7 Å². The highest BCUT2D eigenvalue weighted by Crippen LogP contribution is 2.26. The molecular weight excluding hydrogens is 398 g/mol. The van der Waals surface area contributed by atoms with Crippen molar-refractivity contribution in [1.82, 2.24) is 25.7 Å². The van der Waals surface area contributed by atoms with E-state index >= 15 is 0 Å². The Labute approximate surface area is 180 Å². The highest BCUT2D eigenvalue weighted by molar-refractivity contribution is 5.92. The van der Waals surface area contributed by atoms with Gasteiger partial charge >= 0.3 is 0 Å². The normalized spacial score (nSPS) is 16.5. The highest BCUT2D eigenvalue weighted by Gasteiger charge is 2.18. The van der Waals surface area contributed by atoms with E-state index in [4.69, 9.17) is 14.0 Å². The number of pyridine rings is 1. The van der Waals surface area contributed by atoms with E-state index in [0.29, 0.717) is 23.9 Å². The number of ether oxygens (including phenoxy) is 2. The second-order valence-corrected chi connectivity index (χ2v) is 7.51. The predicted molar refractivity (Wildman–Crippen MR) is 111 cm³/mol. The van der Waals surface area contributed by atoms with Gasteiger partial charge in [-0.1, -0.05) is 5.16 Å². The number of carbonyl (C=O) groups is 1. The Hall–Kier alpha value is -3.33. The minimum Gasteiger partial charge on any atom is -0.472 e. The number of rotatable bonds is 6. The maximum absolute atomic E-state index is 12.4. The summed E-state index contributed by atoms with van der Waals surface area (Å²) < 4.78 is 16.5. The van der Waals surface area contributed by atoms with E-state index in [1.807, 2.05) is 26.0 Å². The second-order valence-electron chi connectivity index (χ2n) is 7.51. The van der Waals surface area contributed by atoms with Crippen molar-refractivity contribution in [3.05, 3.63) is 53.2 Å². The molecule has 0 unspecified atom stereocenters. The number of amides is 1. The summed E-state index contributed by atoms with van der Waals surface area (Å²) in [7, 11) is 0. The maximum atomic E-state index is 12.4. The molecule has 1 atom stereocenters. The lowest BCUT2D eigenvalue weighted by Gasteiger charge is -2.15. The number of hydrogen-bond acceptors (Lipinski definition) is 8. The summed E-state index contributed by atoms with van der Waals surface area (Å²) in [4.78, 5) is 16.7. The molecule has 162 valence electrons. The zero-order valence-corrected chi connectivity index (χ0v) is 17.6. The van der Waals surface area contributed by atoms with Crippen molar-refractivity contribution in [1.29, 1.82) is 0 Å². The summed E-state index contributed by atoms with van der Waals surface area (Å²) in [5.41, 5.74) is 3.52. The molecule has 0 aliphatic carbocycles. The van der Waals surface area contributed by atoms with E-state index in [2.05, 4.69) is 25.7 Å². The van der Waals surface area contributed by atoms with Crippen molar-refractivity contribution >= 4 is 5.91 Å². The largest absolute Gasteiger partial charge is 0.472 e. The van der Waals surface area contributed by atoms with Crippen LogP contribution < -0.4 is 10.1 Å². The molecule has 1 N–H and O–H groups in total. The Balaban J connectivity index is 1.38. The van der Waals surface area contributed by atoms with Crippen molar-refractivity contribution < 1.29 is 18.8 Å². The van der Waals surface area contributed by atoms with Crippen LogP contribution in [0.4, 0.5) is 0 Å². The van der Waals surface area contributed by atoms with Crippen molar-refractivity contribution in [3.8, 4) is 17.1 Å². The van der Waals surface area contributed by atoms with Gasteiger partial charge in [-0.2, -0.15) is 0 Å². The number of hydrogen-bond donors (Lipinski definition) is 1. The van der Waals surface area contributed by atoms with Gasteiger partial charge in [0.25, 0.3) is 5.91 Å². The third-order valence-corrected chi connectivity index (χ3v) is 5.19. The van der Waals surface area contributed by atoms with Crippen LogP contribution in [0.5, 0.6) is 5.88 Å². The highest BCUT2D eigenvalue weighted by atomic mass is 16.5. The first kappa shape index (κ1) is 20.9. The van der Waals surface area contributed by atoms with Gasteiger partial charge in [0.1, 0.15) is 18.1 Å². The molecule has 9 heteroatoms. The average Bonchev–Trinajstić information content (AvgIpc) is 2.97. The fourth-order valence-corrected chi connectivity index (χ4v) is 3.37. The van der Waals surface area contributed by atoms with E-state index in [-0.39, 0.29) is 24.2 Å². The molecule has 1 amide bonds. The topological polar surface area (TPSA) is 112 Å². The first-order valence-corrected chi connectivity index (χ1v) is 10.3.